The summed E-state index contributed by atoms with van der Waals surface area (Å²) in [5.74, 6) is -0.143. The number of carbonyl (C=O) groups is 2. The van der Waals surface area contributed by atoms with Gasteiger partial charge in [-0.15, -0.1) is 11.3 Å². The number of methoxy groups -OCH3 is 2. The van der Waals surface area contributed by atoms with E-state index >= 15 is 0 Å². The minimum atomic E-state index is -0.686. The van der Waals surface area contributed by atoms with Crippen LogP contribution in [0.4, 0.5) is 5.69 Å². The molecule has 186 valence electrons. The highest BCUT2D eigenvalue weighted by Crippen LogP contribution is 2.24. The molecule has 4 aromatic rings. The summed E-state index contributed by atoms with van der Waals surface area (Å²) in [5.41, 5.74) is 0.204. The SMILES string of the molecule is CCOC(=O)c1ccc(NC(=O)Cn2c(=O)n(-c3cc(OC)cc(OC)c3)c(=O)c3sccc32)cc1. The quantitative estimate of drug-likeness (QED) is 0.363. The Hall–Kier alpha value is -4.38. The summed E-state index contributed by atoms with van der Waals surface area (Å²) in [6, 6.07) is 12.5. The van der Waals surface area contributed by atoms with Gasteiger partial charge >= 0.3 is 11.7 Å². The van der Waals surface area contributed by atoms with Gasteiger partial charge in [0.2, 0.25) is 5.91 Å². The van der Waals surface area contributed by atoms with Crippen molar-refractivity contribution in [1.82, 2.24) is 9.13 Å². The highest BCUT2D eigenvalue weighted by molar-refractivity contribution is 7.17. The van der Waals surface area contributed by atoms with E-state index in [0.717, 1.165) is 4.57 Å². The zero-order valence-electron chi connectivity index (χ0n) is 19.8. The lowest BCUT2D eigenvalue weighted by atomic mass is 10.2. The highest BCUT2D eigenvalue weighted by atomic mass is 32.1. The highest BCUT2D eigenvalue weighted by Gasteiger charge is 2.19. The van der Waals surface area contributed by atoms with Crippen LogP contribution in [0.3, 0.4) is 0 Å². The first kappa shape index (κ1) is 24.7. The van der Waals surface area contributed by atoms with E-state index in [-0.39, 0.29) is 18.8 Å². The molecule has 0 radical (unpaired) electrons. The fourth-order valence-corrected chi connectivity index (χ4v) is 4.46. The first-order valence-corrected chi connectivity index (χ1v) is 11.8. The molecule has 2 heterocycles. The third-order valence-electron chi connectivity index (χ3n) is 5.33. The lowest BCUT2D eigenvalue weighted by molar-refractivity contribution is -0.116. The van der Waals surface area contributed by atoms with Crippen LogP contribution in [0.2, 0.25) is 0 Å². The van der Waals surface area contributed by atoms with Crippen LogP contribution >= 0.6 is 11.3 Å². The number of aromatic nitrogens is 2. The van der Waals surface area contributed by atoms with E-state index in [1.165, 1.54) is 42.3 Å². The number of benzene rings is 2. The number of hydrogen-bond donors (Lipinski definition) is 1. The van der Waals surface area contributed by atoms with Crippen molar-refractivity contribution in [2.45, 2.75) is 13.5 Å². The van der Waals surface area contributed by atoms with Crippen molar-refractivity contribution in [3.8, 4) is 17.2 Å². The van der Waals surface area contributed by atoms with Crippen molar-refractivity contribution in [2.75, 3.05) is 26.1 Å². The second kappa shape index (κ2) is 10.5. The van der Waals surface area contributed by atoms with Gasteiger partial charge in [-0.2, -0.15) is 0 Å². The van der Waals surface area contributed by atoms with Crippen LogP contribution in [-0.2, 0) is 16.1 Å². The molecule has 4 rings (SSSR count). The summed E-state index contributed by atoms with van der Waals surface area (Å²) >= 11 is 1.17. The summed E-state index contributed by atoms with van der Waals surface area (Å²) in [5, 5.41) is 4.39. The van der Waals surface area contributed by atoms with E-state index in [1.54, 1.807) is 48.7 Å². The Balaban J connectivity index is 1.70. The normalized spacial score (nSPS) is 10.8. The van der Waals surface area contributed by atoms with Crippen LogP contribution in [-0.4, -0.2) is 41.8 Å². The standard InChI is InChI=1S/C25H23N3O7S/c1-4-35-24(31)15-5-7-16(8-6-15)26-21(29)14-27-20-9-10-36-22(20)23(30)28(25(27)32)17-11-18(33-2)13-19(12-17)34-3/h5-13H,4,14H2,1-3H3,(H,26,29). The molecule has 0 saturated heterocycles. The van der Waals surface area contributed by atoms with E-state index in [0.29, 0.717) is 33.0 Å². The number of amides is 1. The van der Waals surface area contributed by atoms with Crippen LogP contribution < -0.4 is 26.0 Å². The molecule has 0 spiro atoms. The fraction of sp³-hybridized carbons (Fsp3) is 0.200. The number of hydrogen-bond acceptors (Lipinski definition) is 8. The number of anilines is 1. The molecule has 11 heteroatoms. The van der Waals surface area contributed by atoms with Gasteiger partial charge in [0.05, 0.1) is 37.6 Å². The summed E-state index contributed by atoms with van der Waals surface area (Å²) in [7, 11) is 2.93. The molecule has 1 amide bonds. The number of fused-ring (bicyclic) bond motifs is 1. The van der Waals surface area contributed by atoms with E-state index in [2.05, 4.69) is 5.32 Å². The average Bonchev–Trinajstić information content (AvgIpc) is 3.37. The van der Waals surface area contributed by atoms with Crippen molar-refractivity contribution in [2.24, 2.45) is 0 Å². The van der Waals surface area contributed by atoms with Gasteiger partial charge in [-0.1, -0.05) is 0 Å². The Morgan fingerprint density at radius 3 is 2.25 bits per heavy atom. The van der Waals surface area contributed by atoms with E-state index in [9.17, 15) is 19.2 Å². The lowest BCUT2D eigenvalue weighted by Gasteiger charge is -2.14. The molecule has 10 nitrogen and oxygen atoms in total. The number of nitrogens with one attached hydrogen (secondary N) is 1. The van der Waals surface area contributed by atoms with Gasteiger partial charge in [-0.05, 0) is 42.6 Å². The van der Waals surface area contributed by atoms with Gasteiger partial charge < -0.3 is 19.5 Å². The summed E-state index contributed by atoms with van der Waals surface area (Å²) in [4.78, 5) is 51.4. The predicted octanol–water partition coefficient (Wildman–Crippen LogP) is 3.05. The van der Waals surface area contributed by atoms with Crippen LogP contribution in [0, 0.1) is 0 Å². The molecular formula is C25H23N3O7S. The van der Waals surface area contributed by atoms with Crippen molar-refractivity contribution in [3.05, 3.63) is 80.3 Å². The molecule has 2 aromatic heterocycles. The molecule has 1 N–H and O–H groups in total. The van der Waals surface area contributed by atoms with Gasteiger partial charge in [0.25, 0.3) is 5.56 Å². The van der Waals surface area contributed by atoms with Crippen molar-refractivity contribution in [1.29, 1.82) is 0 Å². The number of nitrogens with zero attached hydrogens (tertiary/aromatic N) is 2. The number of rotatable bonds is 8. The maximum Gasteiger partial charge on any atom is 0.338 e. The minimum absolute atomic E-state index is 0.250. The van der Waals surface area contributed by atoms with E-state index in [1.807, 2.05) is 0 Å². The summed E-state index contributed by atoms with van der Waals surface area (Å²) < 4.78 is 18.1. The van der Waals surface area contributed by atoms with Crippen molar-refractivity contribution < 1.29 is 23.8 Å². The second-order valence-corrected chi connectivity index (χ2v) is 8.48. The Morgan fingerprint density at radius 2 is 1.64 bits per heavy atom. The fourth-order valence-electron chi connectivity index (χ4n) is 3.64. The molecule has 0 aliphatic carbocycles. The first-order valence-electron chi connectivity index (χ1n) is 10.9. The molecule has 0 unspecified atom stereocenters. The minimum Gasteiger partial charge on any atom is -0.497 e. The van der Waals surface area contributed by atoms with Crippen LogP contribution in [0.25, 0.3) is 15.9 Å². The largest absolute Gasteiger partial charge is 0.497 e. The molecule has 0 aliphatic rings. The Bertz CT molecular complexity index is 1530. The Morgan fingerprint density at radius 1 is 0.972 bits per heavy atom. The Kier molecular flexibility index (Phi) is 7.20. The molecule has 0 fully saturated rings. The topological polar surface area (TPSA) is 118 Å². The van der Waals surface area contributed by atoms with Gasteiger partial charge in [-0.25, -0.2) is 14.2 Å². The number of thiophene rings is 1. The van der Waals surface area contributed by atoms with Crippen LogP contribution in [0.5, 0.6) is 11.5 Å². The van der Waals surface area contributed by atoms with Gasteiger partial charge in [0, 0.05) is 23.9 Å². The Labute approximate surface area is 209 Å². The third-order valence-corrected chi connectivity index (χ3v) is 6.22. The molecule has 2 aromatic carbocycles. The maximum absolute atomic E-state index is 13.5. The number of esters is 1. The maximum atomic E-state index is 13.5. The molecule has 0 bridgehead atoms. The number of ether oxygens (including phenoxy) is 3. The molecule has 0 saturated carbocycles. The van der Waals surface area contributed by atoms with E-state index in [4.69, 9.17) is 14.2 Å². The first-order chi connectivity index (χ1) is 17.4. The second-order valence-electron chi connectivity index (χ2n) is 7.56. The van der Waals surface area contributed by atoms with Crippen LogP contribution in [0.15, 0.2) is 63.5 Å². The van der Waals surface area contributed by atoms with Gasteiger partial charge in [-0.3, -0.25) is 14.2 Å². The summed E-state index contributed by atoms with van der Waals surface area (Å²) in [6.45, 7) is 1.63. The average molecular weight is 510 g/mol. The molecule has 36 heavy (non-hydrogen) atoms. The molecule has 0 aliphatic heterocycles. The monoisotopic (exact) mass is 509 g/mol. The van der Waals surface area contributed by atoms with E-state index < -0.39 is 23.1 Å². The smallest absolute Gasteiger partial charge is 0.338 e. The third kappa shape index (κ3) is 4.86. The molecular weight excluding hydrogens is 486 g/mol. The van der Waals surface area contributed by atoms with Crippen molar-refractivity contribution in [3.63, 3.8) is 0 Å². The van der Waals surface area contributed by atoms with Gasteiger partial charge in [0.1, 0.15) is 22.7 Å². The zero-order chi connectivity index (χ0) is 25.8. The predicted molar refractivity (Wildman–Crippen MR) is 136 cm³/mol. The summed E-state index contributed by atoms with van der Waals surface area (Å²) in [6.07, 6.45) is 0. The zero-order valence-corrected chi connectivity index (χ0v) is 20.6. The molecule has 0 atom stereocenters. The number of carbonyl (C=O) groups excluding carboxylic acids is 2. The lowest BCUT2D eigenvalue weighted by Crippen LogP contribution is -2.40. The van der Waals surface area contributed by atoms with Crippen molar-refractivity contribution >= 4 is 39.1 Å². The van der Waals surface area contributed by atoms with Gasteiger partial charge in [0.15, 0.2) is 0 Å². The van der Waals surface area contributed by atoms with Crippen LogP contribution in [0.1, 0.15) is 17.3 Å².